The molecule has 0 bridgehead atoms. The Morgan fingerprint density at radius 2 is 2.00 bits per heavy atom. The maximum Gasteiger partial charge on any atom is 0.328 e. The second-order valence-corrected chi connectivity index (χ2v) is 4.11. The molecular formula is C12H13ClN2O2. The van der Waals surface area contributed by atoms with Gasteiger partial charge in [-0.3, -0.25) is 4.57 Å². The maximum absolute atomic E-state index is 11.5. The van der Waals surface area contributed by atoms with Gasteiger partial charge < -0.3 is 10.1 Å². The van der Waals surface area contributed by atoms with E-state index >= 15 is 0 Å². The molecule has 0 aliphatic heterocycles. The van der Waals surface area contributed by atoms with Crippen LogP contribution in [-0.2, 0) is 13.0 Å². The number of halogens is 1. The Morgan fingerprint density at radius 1 is 1.29 bits per heavy atom. The molecule has 4 nitrogen and oxygen atoms in total. The summed E-state index contributed by atoms with van der Waals surface area (Å²) in [5.41, 5.74) is 1.22. The molecule has 2 rings (SSSR count). The fraction of sp³-hybridized carbons (Fsp3) is 0.250. The zero-order valence-corrected chi connectivity index (χ0v) is 9.94. The first-order valence-corrected chi connectivity index (χ1v) is 5.86. The van der Waals surface area contributed by atoms with Gasteiger partial charge in [0.25, 0.3) is 0 Å². The molecule has 0 aliphatic carbocycles. The predicted molar refractivity (Wildman–Crippen MR) is 66.7 cm³/mol. The number of nitrogens with one attached hydrogen (secondary N) is 1. The van der Waals surface area contributed by atoms with Gasteiger partial charge in [0, 0.05) is 18.8 Å². The third kappa shape index (κ3) is 2.53. The molecule has 17 heavy (non-hydrogen) atoms. The summed E-state index contributed by atoms with van der Waals surface area (Å²) in [7, 11) is 0. The van der Waals surface area contributed by atoms with E-state index in [9.17, 15) is 9.90 Å². The van der Waals surface area contributed by atoms with Crippen molar-refractivity contribution in [2.75, 3.05) is 5.88 Å². The number of nitrogens with zero attached hydrogens (tertiary/aromatic N) is 1. The van der Waals surface area contributed by atoms with Crippen LogP contribution in [0.4, 0.5) is 0 Å². The van der Waals surface area contributed by atoms with Crippen LogP contribution < -0.4 is 5.69 Å². The second kappa shape index (κ2) is 5.10. The van der Waals surface area contributed by atoms with Crippen LogP contribution in [0.5, 0.6) is 5.88 Å². The number of hydrogen-bond acceptors (Lipinski definition) is 2. The van der Waals surface area contributed by atoms with Crippen LogP contribution in [0.3, 0.4) is 0 Å². The zero-order valence-electron chi connectivity index (χ0n) is 9.19. The van der Waals surface area contributed by atoms with E-state index in [0.717, 1.165) is 5.56 Å². The van der Waals surface area contributed by atoms with Gasteiger partial charge in [0.1, 0.15) is 0 Å². The monoisotopic (exact) mass is 252 g/mol. The summed E-state index contributed by atoms with van der Waals surface area (Å²) in [4.78, 5) is 14.2. The second-order valence-electron chi connectivity index (χ2n) is 3.74. The average Bonchev–Trinajstić information content (AvgIpc) is 2.59. The molecule has 0 saturated carbocycles. The van der Waals surface area contributed by atoms with E-state index in [1.54, 1.807) is 0 Å². The van der Waals surface area contributed by atoms with Gasteiger partial charge in [-0.25, -0.2) is 4.79 Å². The van der Waals surface area contributed by atoms with Gasteiger partial charge in [-0.05, 0) is 5.56 Å². The number of benzene rings is 1. The topological polar surface area (TPSA) is 58.0 Å². The van der Waals surface area contributed by atoms with E-state index in [-0.39, 0.29) is 17.4 Å². The third-order valence-electron chi connectivity index (χ3n) is 2.56. The fourth-order valence-electron chi connectivity index (χ4n) is 1.73. The number of H-pyrrole nitrogens is 1. The number of aromatic nitrogens is 2. The molecule has 1 aromatic carbocycles. The normalized spacial score (nSPS) is 10.6. The minimum atomic E-state index is -0.325. The summed E-state index contributed by atoms with van der Waals surface area (Å²) in [6.07, 6.45) is 0.497. The van der Waals surface area contributed by atoms with E-state index in [1.807, 2.05) is 30.3 Å². The first-order chi connectivity index (χ1) is 8.22. The van der Waals surface area contributed by atoms with Crippen LogP contribution in [0.1, 0.15) is 11.3 Å². The van der Waals surface area contributed by atoms with Crippen LogP contribution in [0.2, 0.25) is 0 Å². The average molecular weight is 253 g/mol. The molecular weight excluding hydrogens is 240 g/mol. The van der Waals surface area contributed by atoms with Gasteiger partial charge in [-0.1, -0.05) is 30.3 Å². The standard InChI is InChI=1S/C12H13ClN2O2/c13-6-7-15-11(16)10(14-12(15)17)8-9-4-2-1-3-5-9/h1-5,16H,6-8H2,(H,14,17). The van der Waals surface area contributed by atoms with Crippen molar-refractivity contribution in [2.45, 2.75) is 13.0 Å². The Kier molecular flexibility index (Phi) is 3.54. The lowest BCUT2D eigenvalue weighted by molar-refractivity contribution is 0.414. The Labute approximate surface area is 103 Å². The highest BCUT2D eigenvalue weighted by atomic mass is 35.5. The molecule has 0 fully saturated rings. The summed E-state index contributed by atoms with van der Waals surface area (Å²) >= 11 is 5.56. The van der Waals surface area contributed by atoms with Crippen LogP contribution in [0, 0.1) is 0 Å². The molecule has 0 spiro atoms. The van der Waals surface area contributed by atoms with E-state index in [2.05, 4.69) is 4.98 Å². The van der Waals surface area contributed by atoms with Crippen molar-refractivity contribution in [3.05, 3.63) is 52.1 Å². The van der Waals surface area contributed by atoms with Gasteiger partial charge in [0.05, 0.1) is 5.69 Å². The van der Waals surface area contributed by atoms with E-state index < -0.39 is 0 Å². The maximum atomic E-state index is 11.5. The molecule has 0 amide bonds. The van der Waals surface area contributed by atoms with Gasteiger partial charge in [0.2, 0.25) is 5.88 Å². The van der Waals surface area contributed by atoms with E-state index in [1.165, 1.54) is 4.57 Å². The van der Waals surface area contributed by atoms with Crippen molar-refractivity contribution in [2.24, 2.45) is 0 Å². The number of aromatic hydroxyl groups is 1. The number of rotatable bonds is 4. The molecule has 5 heteroatoms. The van der Waals surface area contributed by atoms with Gasteiger partial charge >= 0.3 is 5.69 Å². The molecule has 2 N–H and O–H groups in total. The Hall–Kier alpha value is -1.68. The lowest BCUT2D eigenvalue weighted by Crippen LogP contribution is -2.17. The van der Waals surface area contributed by atoms with Crippen LogP contribution in [0.15, 0.2) is 35.1 Å². The number of hydrogen-bond donors (Lipinski definition) is 2. The zero-order chi connectivity index (χ0) is 12.3. The minimum Gasteiger partial charge on any atom is -0.493 e. The van der Waals surface area contributed by atoms with Crippen molar-refractivity contribution in [1.82, 2.24) is 9.55 Å². The minimum absolute atomic E-state index is 0.0282. The smallest absolute Gasteiger partial charge is 0.328 e. The van der Waals surface area contributed by atoms with E-state index in [0.29, 0.717) is 18.7 Å². The van der Waals surface area contributed by atoms with Gasteiger partial charge in [0.15, 0.2) is 0 Å². The van der Waals surface area contributed by atoms with Gasteiger partial charge in [-0.15, -0.1) is 11.6 Å². The third-order valence-corrected chi connectivity index (χ3v) is 2.73. The summed E-state index contributed by atoms with van der Waals surface area (Å²) in [5.74, 6) is 0.260. The largest absolute Gasteiger partial charge is 0.493 e. The highest BCUT2D eigenvalue weighted by Gasteiger charge is 2.12. The fourth-order valence-corrected chi connectivity index (χ4v) is 1.90. The molecule has 0 saturated heterocycles. The molecule has 0 atom stereocenters. The van der Waals surface area contributed by atoms with Crippen molar-refractivity contribution < 1.29 is 5.11 Å². The molecule has 0 radical (unpaired) electrons. The predicted octanol–water partition coefficient (Wildman–Crippen LogP) is 1.71. The highest BCUT2D eigenvalue weighted by Crippen LogP contribution is 2.16. The van der Waals surface area contributed by atoms with Crippen LogP contribution in [0.25, 0.3) is 0 Å². The first kappa shape index (κ1) is 11.8. The lowest BCUT2D eigenvalue weighted by Gasteiger charge is -2.01. The summed E-state index contributed by atoms with van der Waals surface area (Å²) in [6.45, 7) is 0.303. The molecule has 0 aliphatic rings. The molecule has 2 aromatic rings. The quantitative estimate of drug-likeness (QED) is 0.814. The molecule has 90 valence electrons. The van der Waals surface area contributed by atoms with Crippen molar-refractivity contribution in [1.29, 1.82) is 0 Å². The molecule has 1 aromatic heterocycles. The lowest BCUT2D eigenvalue weighted by atomic mass is 10.1. The number of aromatic amines is 1. The Morgan fingerprint density at radius 3 is 2.65 bits per heavy atom. The molecule has 0 unspecified atom stereocenters. The van der Waals surface area contributed by atoms with Crippen molar-refractivity contribution in [3.8, 4) is 5.88 Å². The van der Waals surface area contributed by atoms with Gasteiger partial charge in [-0.2, -0.15) is 0 Å². The Balaban J connectivity index is 2.29. The number of alkyl halides is 1. The number of imidazole rings is 1. The SMILES string of the molecule is O=c1[nH]c(Cc2ccccc2)c(O)n1CCCl. The van der Waals surface area contributed by atoms with Crippen molar-refractivity contribution in [3.63, 3.8) is 0 Å². The van der Waals surface area contributed by atoms with Crippen molar-refractivity contribution >= 4 is 11.6 Å². The van der Waals surface area contributed by atoms with Crippen LogP contribution in [-0.4, -0.2) is 20.5 Å². The summed E-state index contributed by atoms with van der Waals surface area (Å²) < 4.78 is 1.24. The highest BCUT2D eigenvalue weighted by molar-refractivity contribution is 6.17. The Bertz CT molecular complexity index is 545. The summed E-state index contributed by atoms with van der Waals surface area (Å²) in [6, 6.07) is 9.64. The van der Waals surface area contributed by atoms with E-state index in [4.69, 9.17) is 11.6 Å². The first-order valence-electron chi connectivity index (χ1n) is 5.33. The summed E-state index contributed by atoms with van der Waals surface area (Å²) in [5, 5.41) is 9.88. The molecule has 1 heterocycles. The van der Waals surface area contributed by atoms with Crippen LogP contribution >= 0.6 is 11.6 Å².